The number of hydrogen-bond acceptors (Lipinski definition) is 3. The lowest BCUT2D eigenvalue weighted by atomic mass is 9.88. The summed E-state index contributed by atoms with van der Waals surface area (Å²) in [4.78, 5) is 23.9. The molecule has 1 amide bonds. The van der Waals surface area contributed by atoms with Crippen molar-refractivity contribution in [3.8, 4) is 0 Å². The molecule has 1 aliphatic rings. The van der Waals surface area contributed by atoms with Gasteiger partial charge in [0, 0.05) is 5.92 Å². The molecule has 0 aliphatic heterocycles. The fourth-order valence-electron chi connectivity index (χ4n) is 2.94. The second-order valence-electron chi connectivity index (χ2n) is 6.50. The first-order chi connectivity index (χ1) is 10.6. The summed E-state index contributed by atoms with van der Waals surface area (Å²) in [5.41, 5.74) is 0. The summed E-state index contributed by atoms with van der Waals surface area (Å²) in [6.45, 7) is 4.38. The van der Waals surface area contributed by atoms with Crippen LogP contribution in [0.15, 0.2) is 0 Å². The predicted molar refractivity (Wildman–Crippen MR) is 88.5 cm³/mol. The number of ether oxygens (including phenoxy) is 1. The van der Waals surface area contributed by atoms with Crippen LogP contribution >= 0.6 is 0 Å². The highest BCUT2D eigenvalue weighted by molar-refractivity contribution is 5.85. The number of unbranched alkanes of at least 4 members (excludes halogenated alkanes) is 5. The lowest BCUT2D eigenvalue weighted by Crippen LogP contribution is -2.43. The Morgan fingerprint density at radius 1 is 1.05 bits per heavy atom. The van der Waals surface area contributed by atoms with Crippen molar-refractivity contribution in [3.05, 3.63) is 0 Å². The smallest absolute Gasteiger partial charge is 0.328 e. The van der Waals surface area contributed by atoms with Gasteiger partial charge < -0.3 is 10.1 Å². The highest BCUT2D eigenvalue weighted by Crippen LogP contribution is 2.23. The van der Waals surface area contributed by atoms with Crippen LogP contribution in [0.1, 0.15) is 84.5 Å². The van der Waals surface area contributed by atoms with Gasteiger partial charge in [0.15, 0.2) is 0 Å². The Morgan fingerprint density at radius 2 is 1.68 bits per heavy atom. The molecular weight excluding hydrogens is 278 g/mol. The standard InChI is InChI=1S/C18H33NO3/c1-3-4-5-6-7-11-14-22-18(21)15(2)19-17(20)16-12-9-8-10-13-16/h15-16H,3-14H2,1-2H3,(H,19,20). The van der Waals surface area contributed by atoms with Crippen LogP contribution in [0, 0.1) is 5.92 Å². The van der Waals surface area contributed by atoms with Gasteiger partial charge in [-0.1, -0.05) is 58.3 Å². The number of amides is 1. The number of carbonyl (C=O) groups is 2. The zero-order valence-electron chi connectivity index (χ0n) is 14.4. The van der Waals surface area contributed by atoms with Gasteiger partial charge in [-0.05, 0) is 26.2 Å². The zero-order chi connectivity index (χ0) is 16.2. The highest BCUT2D eigenvalue weighted by atomic mass is 16.5. The number of carbonyl (C=O) groups excluding carboxylic acids is 2. The minimum Gasteiger partial charge on any atom is -0.464 e. The predicted octanol–water partition coefficient (Wildman–Crippen LogP) is 3.98. The molecule has 1 fully saturated rings. The van der Waals surface area contributed by atoms with E-state index in [-0.39, 0.29) is 17.8 Å². The maximum Gasteiger partial charge on any atom is 0.328 e. The van der Waals surface area contributed by atoms with Crippen LogP contribution < -0.4 is 5.32 Å². The summed E-state index contributed by atoms with van der Waals surface area (Å²) in [5.74, 6) is -0.205. The van der Waals surface area contributed by atoms with Crippen molar-refractivity contribution in [3.63, 3.8) is 0 Å². The fraction of sp³-hybridized carbons (Fsp3) is 0.889. The summed E-state index contributed by atoms with van der Waals surface area (Å²) in [7, 11) is 0. The number of rotatable bonds is 10. The molecule has 1 unspecified atom stereocenters. The van der Waals surface area contributed by atoms with E-state index in [4.69, 9.17) is 4.74 Å². The van der Waals surface area contributed by atoms with Gasteiger partial charge in [-0.3, -0.25) is 4.79 Å². The van der Waals surface area contributed by atoms with Crippen molar-refractivity contribution in [2.75, 3.05) is 6.61 Å². The van der Waals surface area contributed by atoms with Gasteiger partial charge in [0.25, 0.3) is 0 Å². The van der Waals surface area contributed by atoms with Crippen molar-refractivity contribution < 1.29 is 14.3 Å². The van der Waals surface area contributed by atoms with Crippen LogP contribution in [0.25, 0.3) is 0 Å². The molecule has 0 aromatic carbocycles. The van der Waals surface area contributed by atoms with Crippen molar-refractivity contribution in [1.29, 1.82) is 0 Å². The molecule has 0 spiro atoms. The first-order valence-corrected chi connectivity index (χ1v) is 9.12. The molecule has 1 aliphatic carbocycles. The van der Waals surface area contributed by atoms with Crippen molar-refractivity contribution in [2.45, 2.75) is 90.5 Å². The van der Waals surface area contributed by atoms with E-state index in [1.165, 1.54) is 32.1 Å². The van der Waals surface area contributed by atoms with Gasteiger partial charge in [0.1, 0.15) is 6.04 Å². The van der Waals surface area contributed by atoms with Crippen LogP contribution in [0.4, 0.5) is 0 Å². The Kier molecular flexibility index (Phi) is 9.93. The first-order valence-electron chi connectivity index (χ1n) is 9.12. The van der Waals surface area contributed by atoms with Gasteiger partial charge in [0.05, 0.1) is 6.61 Å². The van der Waals surface area contributed by atoms with Crippen molar-refractivity contribution in [1.82, 2.24) is 5.32 Å². The van der Waals surface area contributed by atoms with Gasteiger partial charge >= 0.3 is 5.97 Å². The summed E-state index contributed by atoms with van der Waals surface area (Å²) in [6.07, 6.45) is 12.4. The summed E-state index contributed by atoms with van der Waals surface area (Å²) in [6, 6.07) is -0.533. The molecular formula is C18H33NO3. The number of hydrogen-bond donors (Lipinski definition) is 1. The Hall–Kier alpha value is -1.06. The van der Waals surface area contributed by atoms with Gasteiger partial charge in [-0.2, -0.15) is 0 Å². The molecule has 1 rings (SSSR count). The SMILES string of the molecule is CCCCCCCCOC(=O)C(C)NC(=O)C1CCCCC1. The normalized spacial score (nSPS) is 17.0. The molecule has 0 aromatic heterocycles. The molecule has 1 saturated carbocycles. The molecule has 1 N–H and O–H groups in total. The van der Waals surface area contributed by atoms with Crippen molar-refractivity contribution >= 4 is 11.9 Å². The topological polar surface area (TPSA) is 55.4 Å². The Balaban J connectivity index is 2.09. The second-order valence-corrected chi connectivity index (χ2v) is 6.50. The van der Waals surface area contributed by atoms with E-state index in [0.717, 1.165) is 38.5 Å². The van der Waals surface area contributed by atoms with Crippen LogP contribution in [-0.2, 0) is 14.3 Å². The quantitative estimate of drug-likeness (QED) is 0.490. The van der Waals surface area contributed by atoms with Gasteiger partial charge in [0.2, 0.25) is 5.91 Å². The number of nitrogens with one attached hydrogen (secondary N) is 1. The molecule has 0 heterocycles. The molecule has 0 saturated heterocycles. The molecule has 0 radical (unpaired) electrons. The molecule has 4 nitrogen and oxygen atoms in total. The lowest BCUT2D eigenvalue weighted by molar-refractivity contribution is -0.148. The van der Waals surface area contributed by atoms with E-state index in [0.29, 0.717) is 6.61 Å². The summed E-state index contributed by atoms with van der Waals surface area (Å²) in [5, 5.41) is 2.80. The van der Waals surface area contributed by atoms with E-state index >= 15 is 0 Å². The maximum atomic E-state index is 12.1. The maximum absolute atomic E-state index is 12.1. The van der Waals surface area contributed by atoms with Crippen LogP contribution in [-0.4, -0.2) is 24.5 Å². The Bertz CT molecular complexity index is 324. The Morgan fingerprint density at radius 3 is 2.36 bits per heavy atom. The monoisotopic (exact) mass is 311 g/mol. The van der Waals surface area contributed by atoms with Crippen LogP contribution in [0.3, 0.4) is 0 Å². The second kappa shape index (κ2) is 11.5. The fourth-order valence-corrected chi connectivity index (χ4v) is 2.94. The molecule has 0 aromatic rings. The van der Waals surface area contributed by atoms with E-state index in [9.17, 15) is 9.59 Å². The van der Waals surface area contributed by atoms with E-state index in [1.807, 2.05) is 0 Å². The van der Waals surface area contributed by atoms with Crippen LogP contribution in [0.5, 0.6) is 0 Å². The molecule has 1 atom stereocenters. The van der Waals surface area contributed by atoms with E-state index < -0.39 is 6.04 Å². The zero-order valence-corrected chi connectivity index (χ0v) is 14.4. The third kappa shape index (κ3) is 7.81. The molecule has 4 heteroatoms. The molecule has 22 heavy (non-hydrogen) atoms. The van der Waals surface area contributed by atoms with Crippen molar-refractivity contribution in [2.24, 2.45) is 5.92 Å². The molecule has 0 bridgehead atoms. The van der Waals surface area contributed by atoms with E-state index in [2.05, 4.69) is 12.2 Å². The minimum absolute atomic E-state index is 0.0173. The number of esters is 1. The third-order valence-electron chi connectivity index (χ3n) is 4.43. The van der Waals surface area contributed by atoms with Crippen LogP contribution in [0.2, 0.25) is 0 Å². The Labute approximate surface area is 135 Å². The van der Waals surface area contributed by atoms with Gasteiger partial charge in [-0.15, -0.1) is 0 Å². The summed E-state index contributed by atoms with van der Waals surface area (Å²) < 4.78 is 5.24. The molecule has 128 valence electrons. The average molecular weight is 311 g/mol. The average Bonchev–Trinajstić information content (AvgIpc) is 2.54. The lowest BCUT2D eigenvalue weighted by Gasteiger charge is -2.22. The largest absolute Gasteiger partial charge is 0.464 e. The van der Waals surface area contributed by atoms with Gasteiger partial charge in [-0.25, -0.2) is 4.79 Å². The van der Waals surface area contributed by atoms with E-state index in [1.54, 1.807) is 6.92 Å². The highest BCUT2D eigenvalue weighted by Gasteiger charge is 2.24. The third-order valence-corrected chi connectivity index (χ3v) is 4.43. The first kappa shape index (κ1) is 19.0. The summed E-state index contributed by atoms with van der Waals surface area (Å²) >= 11 is 0. The minimum atomic E-state index is -0.533.